The van der Waals surface area contributed by atoms with Crippen LogP contribution in [0, 0.1) is 0 Å². The fraction of sp³-hybridized carbons (Fsp3) is 0.500. The van der Waals surface area contributed by atoms with Crippen molar-refractivity contribution >= 4 is 11.9 Å². The normalized spacial score (nSPS) is 18.2. The largest absolute Gasteiger partial charge is 0.480 e. The van der Waals surface area contributed by atoms with Crippen LogP contribution in [0.15, 0.2) is 24.3 Å². The number of carbonyl (C=O) groups excluding carboxylic acids is 1. The maximum Gasteiger partial charge on any atom is 0.326 e. The van der Waals surface area contributed by atoms with Gasteiger partial charge in [0.05, 0.1) is 12.0 Å². The van der Waals surface area contributed by atoms with Gasteiger partial charge in [0, 0.05) is 20.1 Å². The summed E-state index contributed by atoms with van der Waals surface area (Å²) in [6.07, 6.45) is 0.514. The molecule has 0 unspecified atom stereocenters. The number of carbonyl (C=O) groups is 2. The number of fused-ring (bicyclic) bond motifs is 1. The molecule has 0 saturated carbocycles. The van der Waals surface area contributed by atoms with E-state index in [1.165, 1.54) is 4.90 Å². The summed E-state index contributed by atoms with van der Waals surface area (Å²) in [6, 6.07) is 6.85. The third kappa shape index (κ3) is 3.42. The summed E-state index contributed by atoms with van der Waals surface area (Å²) in [6.45, 7) is 3.98. The van der Waals surface area contributed by atoms with Crippen LogP contribution in [-0.2, 0) is 27.3 Å². The summed E-state index contributed by atoms with van der Waals surface area (Å²) < 4.78 is 5.27. The SMILES string of the molecule is COC(C)(C)CC(=O)N1Cc2ccccc2C[C@H]1C(=O)O. The van der Waals surface area contributed by atoms with Crippen LogP contribution in [0.2, 0.25) is 0 Å². The van der Waals surface area contributed by atoms with E-state index in [0.29, 0.717) is 13.0 Å². The van der Waals surface area contributed by atoms with Crippen LogP contribution in [0.3, 0.4) is 0 Å². The van der Waals surface area contributed by atoms with Crippen molar-refractivity contribution in [1.82, 2.24) is 4.90 Å². The average Bonchev–Trinajstić information content (AvgIpc) is 2.45. The van der Waals surface area contributed by atoms with Crippen molar-refractivity contribution in [2.45, 2.75) is 44.9 Å². The van der Waals surface area contributed by atoms with Crippen molar-refractivity contribution in [3.8, 4) is 0 Å². The lowest BCUT2D eigenvalue weighted by Gasteiger charge is -2.36. The van der Waals surface area contributed by atoms with Crippen molar-refractivity contribution in [1.29, 1.82) is 0 Å². The van der Waals surface area contributed by atoms with Crippen molar-refractivity contribution < 1.29 is 19.4 Å². The van der Waals surface area contributed by atoms with E-state index in [2.05, 4.69) is 0 Å². The number of aliphatic carboxylic acids is 1. The molecule has 1 aliphatic heterocycles. The Morgan fingerprint density at radius 1 is 1.33 bits per heavy atom. The van der Waals surface area contributed by atoms with Crippen LogP contribution in [0.4, 0.5) is 0 Å². The fourth-order valence-corrected chi connectivity index (χ4v) is 2.54. The zero-order valence-electron chi connectivity index (χ0n) is 12.6. The maximum absolute atomic E-state index is 12.5. The molecule has 1 atom stereocenters. The van der Waals surface area contributed by atoms with Crippen LogP contribution in [0.5, 0.6) is 0 Å². The number of hydrogen-bond acceptors (Lipinski definition) is 3. The van der Waals surface area contributed by atoms with Crippen molar-refractivity contribution in [2.24, 2.45) is 0 Å². The Kier molecular flexibility index (Phi) is 4.32. The Hall–Kier alpha value is -1.88. The van der Waals surface area contributed by atoms with Crippen molar-refractivity contribution in [3.63, 3.8) is 0 Å². The van der Waals surface area contributed by atoms with Crippen molar-refractivity contribution in [2.75, 3.05) is 7.11 Å². The molecule has 21 heavy (non-hydrogen) atoms. The van der Waals surface area contributed by atoms with Crippen LogP contribution in [0.25, 0.3) is 0 Å². The van der Waals surface area contributed by atoms with E-state index >= 15 is 0 Å². The van der Waals surface area contributed by atoms with E-state index in [4.69, 9.17) is 4.74 Å². The van der Waals surface area contributed by atoms with Gasteiger partial charge in [-0.25, -0.2) is 4.79 Å². The number of hydrogen-bond donors (Lipinski definition) is 1. The number of methoxy groups -OCH3 is 1. The lowest BCUT2D eigenvalue weighted by molar-refractivity contribution is -0.153. The van der Waals surface area contributed by atoms with Crippen LogP contribution in [0.1, 0.15) is 31.4 Å². The topological polar surface area (TPSA) is 66.8 Å². The van der Waals surface area contributed by atoms with E-state index in [1.807, 2.05) is 38.1 Å². The molecule has 0 spiro atoms. The molecule has 1 aromatic rings. The van der Waals surface area contributed by atoms with Crippen LogP contribution >= 0.6 is 0 Å². The second-order valence-electron chi connectivity index (χ2n) is 5.99. The molecule has 0 aromatic heterocycles. The van der Waals surface area contributed by atoms with Gasteiger partial charge in [0.1, 0.15) is 6.04 Å². The number of carboxylic acid groups (broad SMARTS) is 1. The lowest BCUT2D eigenvalue weighted by Crippen LogP contribution is -2.50. The Morgan fingerprint density at radius 2 is 1.95 bits per heavy atom. The Bertz CT molecular complexity index is 553. The monoisotopic (exact) mass is 291 g/mol. The van der Waals surface area contributed by atoms with Crippen LogP contribution in [-0.4, -0.2) is 40.6 Å². The predicted molar refractivity (Wildman–Crippen MR) is 77.8 cm³/mol. The smallest absolute Gasteiger partial charge is 0.326 e. The Morgan fingerprint density at radius 3 is 2.52 bits per heavy atom. The first-order chi connectivity index (χ1) is 9.84. The summed E-state index contributed by atoms with van der Waals surface area (Å²) >= 11 is 0. The van der Waals surface area contributed by atoms with Gasteiger partial charge in [-0.2, -0.15) is 0 Å². The quantitative estimate of drug-likeness (QED) is 0.919. The van der Waals surface area contributed by atoms with Crippen LogP contribution < -0.4 is 0 Å². The highest BCUT2D eigenvalue weighted by molar-refractivity contribution is 5.85. The molecule has 0 bridgehead atoms. The van der Waals surface area contributed by atoms with E-state index < -0.39 is 17.6 Å². The number of amides is 1. The van der Waals surface area contributed by atoms with E-state index in [0.717, 1.165) is 11.1 Å². The number of rotatable bonds is 4. The summed E-state index contributed by atoms with van der Waals surface area (Å²) in [7, 11) is 1.55. The van der Waals surface area contributed by atoms with E-state index in [-0.39, 0.29) is 12.3 Å². The zero-order chi connectivity index (χ0) is 15.6. The first-order valence-corrected chi connectivity index (χ1v) is 6.98. The number of nitrogens with zero attached hydrogens (tertiary/aromatic N) is 1. The first kappa shape index (κ1) is 15.5. The summed E-state index contributed by atoms with van der Waals surface area (Å²) in [5.74, 6) is -1.16. The molecule has 1 amide bonds. The first-order valence-electron chi connectivity index (χ1n) is 6.98. The highest BCUT2D eigenvalue weighted by Gasteiger charge is 2.36. The maximum atomic E-state index is 12.5. The number of ether oxygens (including phenoxy) is 1. The molecular weight excluding hydrogens is 270 g/mol. The molecule has 2 rings (SSSR count). The molecule has 5 nitrogen and oxygen atoms in total. The number of benzene rings is 1. The summed E-state index contributed by atoms with van der Waals surface area (Å²) in [4.78, 5) is 25.4. The minimum Gasteiger partial charge on any atom is -0.480 e. The van der Waals surface area contributed by atoms with Gasteiger partial charge in [0.15, 0.2) is 0 Å². The van der Waals surface area contributed by atoms with Gasteiger partial charge in [-0.15, -0.1) is 0 Å². The molecule has 1 N–H and O–H groups in total. The third-order valence-corrected chi connectivity index (χ3v) is 3.98. The molecule has 0 fully saturated rings. The molecule has 1 aliphatic rings. The molecule has 0 aliphatic carbocycles. The highest BCUT2D eigenvalue weighted by atomic mass is 16.5. The highest BCUT2D eigenvalue weighted by Crippen LogP contribution is 2.26. The minimum atomic E-state index is -0.965. The molecule has 0 radical (unpaired) electrons. The molecule has 1 heterocycles. The Balaban J connectivity index is 2.24. The molecule has 1 aromatic carbocycles. The number of carboxylic acids is 1. The van der Waals surface area contributed by atoms with Gasteiger partial charge in [0.25, 0.3) is 0 Å². The van der Waals surface area contributed by atoms with E-state index in [9.17, 15) is 14.7 Å². The van der Waals surface area contributed by atoms with Gasteiger partial charge in [-0.1, -0.05) is 24.3 Å². The molecule has 0 saturated heterocycles. The Labute approximate surface area is 124 Å². The summed E-state index contributed by atoms with van der Waals surface area (Å²) in [5.41, 5.74) is 1.41. The second kappa shape index (κ2) is 5.85. The van der Waals surface area contributed by atoms with Crippen molar-refractivity contribution in [3.05, 3.63) is 35.4 Å². The average molecular weight is 291 g/mol. The van der Waals surface area contributed by atoms with Gasteiger partial charge >= 0.3 is 5.97 Å². The van der Waals surface area contributed by atoms with E-state index in [1.54, 1.807) is 7.11 Å². The molecular formula is C16H21NO4. The zero-order valence-corrected chi connectivity index (χ0v) is 12.6. The minimum absolute atomic E-state index is 0.162. The van der Waals surface area contributed by atoms with Gasteiger partial charge in [-0.05, 0) is 25.0 Å². The summed E-state index contributed by atoms with van der Waals surface area (Å²) in [5, 5.41) is 9.41. The lowest BCUT2D eigenvalue weighted by atomic mass is 9.92. The predicted octanol–water partition coefficient (Wildman–Crippen LogP) is 1.84. The van der Waals surface area contributed by atoms with Gasteiger partial charge < -0.3 is 14.7 Å². The molecule has 114 valence electrons. The fourth-order valence-electron chi connectivity index (χ4n) is 2.54. The molecule has 5 heteroatoms. The third-order valence-electron chi connectivity index (χ3n) is 3.98. The second-order valence-corrected chi connectivity index (χ2v) is 5.99. The van der Waals surface area contributed by atoms with Gasteiger partial charge in [-0.3, -0.25) is 4.79 Å². The van der Waals surface area contributed by atoms with Gasteiger partial charge in [0.2, 0.25) is 5.91 Å². The standard InChI is InChI=1S/C16H21NO4/c1-16(2,21-3)9-14(18)17-10-12-7-5-4-6-11(12)8-13(17)15(19)20/h4-7,13H,8-10H2,1-3H3,(H,19,20)/t13-/m0/s1.